The summed E-state index contributed by atoms with van der Waals surface area (Å²) in [5.74, 6) is 1.02. The monoisotopic (exact) mass is 226 g/mol. The van der Waals surface area contributed by atoms with Gasteiger partial charge in [0, 0.05) is 19.1 Å². The zero-order chi connectivity index (χ0) is 11.8. The SMILES string of the molecule is CCCC(CN(CCC)CC1CC1)NCC. The van der Waals surface area contributed by atoms with Crippen molar-refractivity contribution in [2.45, 2.75) is 58.9 Å². The predicted molar refractivity (Wildman–Crippen MR) is 71.8 cm³/mol. The third-order valence-electron chi connectivity index (χ3n) is 3.36. The predicted octanol–water partition coefficient (Wildman–Crippen LogP) is 2.89. The highest BCUT2D eigenvalue weighted by molar-refractivity contribution is 4.79. The first-order valence-electron chi connectivity index (χ1n) is 7.25. The van der Waals surface area contributed by atoms with E-state index in [0.717, 1.165) is 12.5 Å². The molecule has 0 aliphatic heterocycles. The highest BCUT2D eigenvalue weighted by Crippen LogP contribution is 2.29. The van der Waals surface area contributed by atoms with Gasteiger partial charge < -0.3 is 10.2 Å². The van der Waals surface area contributed by atoms with E-state index < -0.39 is 0 Å². The van der Waals surface area contributed by atoms with E-state index >= 15 is 0 Å². The molecule has 96 valence electrons. The summed E-state index contributed by atoms with van der Waals surface area (Å²) in [7, 11) is 0. The molecule has 0 aromatic heterocycles. The maximum Gasteiger partial charge on any atom is 0.0194 e. The van der Waals surface area contributed by atoms with E-state index in [4.69, 9.17) is 0 Å². The van der Waals surface area contributed by atoms with Crippen molar-refractivity contribution in [3.63, 3.8) is 0 Å². The van der Waals surface area contributed by atoms with Gasteiger partial charge in [-0.3, -0.25) is 0 Å². The van der Waals surface area contributed by atoms with Gasteiger partial charge in [0.1, 0.15) is 0 Å². The van der Waals surface area contributed by atoms with E-state index in [0.29, 0.717) is 6.04 Å². The summed E-state index contributed by atoms with van der Waals surface area (Å²) in [6.07, 6.45) is 6.84. The van der Waals surface area contributed by atoms with E-state index in [1.807, 2.05) is 0 Å². The van der Waals surface area contributed by atoms with Crippen molar-refractivity contribution in [3.05, 3.63) is 0 Å². The van der Waals surface area contributed by atoms with Gasteiger partial charge in [-0.05, 0) is 44.7 Å². The number of likely N-dealkylation sites (N-methyl/N-ethyl adjacent to an activating group) is 1. The van der Waals surface area contributed by atoms with Crippen molar-refractivity contribution >= 4 is 0 Å². The Morgan fingerprint density at radius 1 is 1.19 bits per heavy atom. The number of nitrogens with one attached hydrogen (secondary N) is 1. The lowest BCUT2D eigenvalue weighted by atomic mass is 10.1. The van der Waals surface area contributed by atoms with Crippen molar-refractivity contribution < 1.29 is 0 Å². The molecule has 1 atom stereocenters. The van der Waals surface area contributed by atoms with Crippen LogP contribution in [0, 0.1) is 5.92 Å². The van der Waals surface area contributed by atoms with Crippen LogP contribution in [0.25, 0.3) is 0 Å². The standard InChI is InChI=1S/C14H30N2/c1-4-7-14(15-6-3)12-16(10-5-2)11-13-8-9-13/h13-15H,4-12H2,1-3H3. The molecule has 0 amide bonds. The van der Waals surface area contributed by atoms with Crippen molar-refractivity contribution in [3.8, 4) is 0 Å². The second-order valence-corrected chi connectivity index (χ2v) is 5.25. The van der Waals surface area contributed by atoms with Crippen molar-refractivity contribution in [1.82, 2.24) is 10.2 Å². The maximum absolute atomic E-state index is 3.62. The largest absolute Gasteiger partial charge is 0.313 e. The molecule has 2 nitrogen and oxygen atoms in total. The van der Waals surface area contributed by atoms with Crippen LogP contribution in [0.5, 0.6) is 0 Å². The Morgan fingerprint density at radius 3 is 2.44 bits per heavy atom. The topological polar surface area (TPSA) is 15.3 Å². The summed E-state index contributed by atoms with van der Waals surface area (Å²) >= 11 is 0. The van der Waals surface area contributed by atoms with E-state index in [9.17, 15) is 0 Å². The van der Waals surface area contributed by atoms with Crippen LogP contribution in [0.1, 0.15) is 52.9 Å². The number of nitrogens with zero attached hydrogens (tertiary/aromatic N) is 1. The molecule has 1 N–H and O–H groups in total. The lowest BCUT2D eigenvalue weighted by Crippen LogP contribution is -2.42. The first-order chi connectivity index (χ1) is 7.80. The third kappa shape index (κ3) is 5.86. The number of rotatable bonds is 10. The molecule has 2 heteroatoms. The van der Waals surface area contributed by atoms with Gasteiger partial charge in [-0.1, -0.05) is 27.2 Å². The smallest absolute Gasteiger partial charge is 0.0194 e. The molecule has 0 aromatic rings. The molecule has 0 bridgehead atoms. The fourth-order valence-electron chi connectivity index (χ4n) is 2.45. The molecule has 1 saturated carbocycles. The first-order valence-corrected chi connectivity index (χ1v) is 7.25. The van der Waals surface area contributed by atoms with Crippen LogP contribution in [-0.2, 0) is 0 Å². The van der Waals surface area contributed by atoms with Crippen LogP contribution >= 0.6 is 0 Å². The second-order valence-electron chi connectivity index (χ2n) is 5.25. The Bertz CT molecular complexity index is 160. The normalized spacial score (nSPS) is 18.0. The van der Waals surface area contributed by atoms with E-state index in [2.05, 4.69) is 31.0 Å². The lowest BCUT2D eigenvalue weighted by molar-refractivity contribution is 0.228. The van der Waals surface area contributed by atoms with Crippen LogP contribution in [0.2, 0.25) is 0 Å². The first kappa shape index (κ1) is 14.0. The quantitative estimate of drug-likeness (QED) is 0.616. The Balaban J connectivity index is 2.29. The minimum atomic E-state index is 0.709. The molecule has 0 saturated heterocycles. The summed E-state index contributed by atoms with van der Waals surface area (Å²) in [4.78, 5) is 2.68. The Kier molecular flexibility index (Phi) is 7.06. The molecule has 0 spiro atoms. The Hall–Kier alpha value is -0.0800. The molecule has 1 aliphatic rings. The van der Waals surface area contributed by atoms with Gasteiger partial charge in [-0.25, -0.2) is 0 Å². The molecular formula is C14H30N2. The maximum atomic E-state index is 3.62. The summed E-state index contributed by atoms with van der Waals surface area (Å²) < 4.78 is 0. The highest BCUT2D eigenvalue weighted by Gasteiger charge is 2.24. The lowest BCUT2D eigenvalue weighted by Gasteiger charge is -2.27. The molecule has 1 rings (SSSR count). The minimum absolute atomic E-state index is 0.709. The molecule has 0 radical (unpaired) electrons. The third-order valence-corrected chi connectivity index (χ3v) is 3.36. The van der Waals surface area contributed by atoms with E-state index in [1.54, 1.807) is 0 Å². The zero-order valence-electron chi connectivity index (χ0n) is 11.5. The summed E-state index contributed by atoms with van der Waals surface area (Å²) in [5.41, 5.74) is 0. The van der Waals surface area contributed by atoms with Crippen LogP contribution in [0.3, 0.4) is 0 Å². The van der Waals surface area contributed by atoms with Crippen LogP contribution in [0.4, 0.5) is 0 Å². The van der Waals surface area contributed by atoms with Crippen LogP contribution in [-0.4, -0.2) is 37.1 Å². The summed E-state index contributed by atoms with van der Waals surface area (Å²) in [6.45, 7) is 11.8. The fraction of sp³-hybridized carbons (Fsp3) is 1.00. The molecule has 1 fully saturated rings. The molecular weight excluding hydrogens is 196 g/mol. The van der Waals surface area contributed by atoms with Gasteiger partial charge in [0.2, 0.25) is 0 Å². The molecule has 0 aromatic carbocycles. The van der Waals surface area contributed by atoms with Crippen LogP contribution in [0.15, 0.2) is 0 Å². The highest BCUT2D eigenvalue weighted by atomic mass is 15.2. The minimum Gasteiger partial charge on any atom is -0.313 e. The van der Waals surface area contributed by atoms with Gasteiger partial charge in [-0.2, -0.15) is 0 Å². The van der Waals surface area contributed by atoms with E-state index in [-0.39, 0.29) is 0 Å². The molecule has 16 heavy (non-hydrogen) atoms. The van der Waals surface area contributed by atoms with Crippen LogP contribution < -0.4 is 5.32 Å². The zero-order valence-corrected chi connectivity index (χ0v) is 11.5. The van der Waals surface area contributed by atoms with Gasteiger partial charge in [0.05, 0.1) is 0 Å². The number of hydrogen-bond acceptors (Lipinski definition) is 2. The summed E-state index contributed by atoms with van der Waals surface area (Å²) in [5, 5.41) is 3.62. The van der Waals surface area contributed by atoms with Crippen molar-refractivity contribution in [2.75, 3.05) is 26.2 Å². The molecule has 1 unspecified atom stereocenters. The Labute approximate surface area is 102 Å². The summed E-state index contributed by atoms with van der Waals surface area (Å²) in [6, 6.07) is 0.709. The average Bonchev–Trinajstić information content (AvgIpc) is 3.03. The number of hydrogen-bond donors (Lipinski definition) is 1. The van der Waals surface area contributed by atoms with Crippen molar-refractivity contribution in [1.29, 1.82) is 0 Å². The van der Waals surface area contributed by atoms with Gasteiger partial charge in [-0.15, -0.1) is 0 Å². The van der Waals surface area contributed by atoms with Gasteiger partial charge in [0.15, 0.2) is 0 Å². The second kappa shape index (κ2) is 8.08. The Morgan fingerprint density at radius 2 is 1.94 bits per heavy atom. The molecule has 0 heterocycles. The molecule has 1 aliphatic carbocycles. The van der Waals surface area contributed by atoms with Gasteiger partial charge in [0.25, 0.3) is 0 Å². The average molecular weight is 226 g/mol. The van der Waals surface area contributed by atoms with Crippen molar-refractivity contribution in [2.24, 2.45) is 5.92 Å². The fourth-order valence-corrected chi connectivity index (χ4v) is 2.45. The van der Waals surface area contributed by atoms with E-state index in [1.165, 1.54) is 51.7 Å². The van der Waals surface area contributed by atoms with Gasteiger partial charge >= 0.3 is 0 Å².